The smallest absolute Gasteiger partial charge is 0.394 e. The van der Waals surface area contributed by atoms with Gasteiger partial charge in [-0.1, -0.05) is 0 Å². The minimum atomic E-state index is -4.67. The molecule has 6 nitrogen and oxygen atoms in total. The van der Waals surface area contributed by atoms with Gasteiger partial charge in [-0.15, -0.1) is 0 Å². The number of aliphatic hydroxyl groups excluding tert-OH is 1. The molecule has 0 aliphatic carbocycles. The predicted molar refractivity (Wildman–Crippen MR) is 39.8 cm³/mol. The van der Waals surface area contributed by atoms with Crippen LogP contribution in [0.3, 0.4) is 0 Å². The Hall–Kier alpha value is -0.210. The Bertz CT molecular complexity index is 155. The summed E-state index contributed by atoms with van der Waals surface area (Å²) in [5.41, 5.74) is 0. The normalized spacial score (nSPS) is 10.7. The molecule has 0 amide bonds. The minimum absolute atomic E-state index is 0.257. The molecule has 0 rings (SSSR count). The van der Waals surface area contributed by atoms with Crippen molar-refractivity contribution in [1.29, 1.82) is 0 Å². The first-order chi connectivity index (χ1) is 4.77. The quantitative estimate of drug-likeness (QED) is 0.474. The fraction of sp³-hybridized carbons (Fsp3) is 1.00. The molecule has 0 unspecified atom stereocenters. The minimum Gasteiger partial charge on any atom is -0.395 e. The van der Waals surface area contributed by atoms with E-state index in [1.165, 1.54) is 0 Å². The molecule has 0 fully saturated rings. The molecule has 0 saturated carbocycles. The van der Waals surface area contributed by atoms with Crippen LogP contribution in [0.2, 0.25) is 0 Å². The van der Waals surface area contributed by atoms with Gasteiger partial charge in [0.1, 0.15) is 0 Å². The fourth-order valence-electron chi connectivity index (χ4n) is 0.200. The second-order valence-electron chi connectivity index (χ2n) is 1.97. The van der Waals surface area contributed by atoms with Gasteiger partial charge < -0.3 is 10.0 Å². The maximum absolute atomic E-state index is 8.74. The van der Waals surface area contributed by atoms with Gasteiger partial charge in [0, 0.05) is 6.54 Å². The lowest BCUT2D eigenvalue weighted by Gasteiger charge is -2.03. The first-order valence-electron chi connectivity index (χ1n) is 2.73. The van der Waals surface area contributed by atoms with E-state index in [1.54, 1.807) is 0 Å². The van der Waals surface area contributed by atoms with Crippen molar-refractivity contribution in [2.75, 3.05) is 27.2 Å². The summed E-state index contributed by atoms with van der Waals surface area (Å²) in [6.07, 6.45) is 0. The lowest BCUT2D eigenvalue weighted by Crippen LogP contribution is -2.15. The topological polar surface area (TPSA) is 98.1 Å². The van der Waals surface area contributed by atoms with E-state index < -0.39 is 10.4 Å². The van der Waals surface area contributed by atoms with Crippen LogP contribution in [0.1, 0.15) is 0 Å². The maximum atomic E-state index is 8.74. The first kappa shape index (κ1) is 13.4. The Morgan fingerprint density at radius 1 is 1.27 bits per heavy atom. The maximum Gasteiger partial charge on any atom is 0.394 e. The number of aliphatic hydroxyl groups is 1. The summed E-state index contributed by atoms with van der Waals surface area (Å²) in [4.78, 5) is 1.93. The number of hydrogen-bond donors (Lipinski definition) is 3. The zero-order chi connectivity index (χ0) is 9.49. The number of likely N-dealkylation sites (N-methyl/N-ethyl adjacent to an activating group) is 1. The van der Waals surface area contributed by atoms with E-state index in [2.05, 4.69) is 0 Å². The Morgan fingerprint density at radius 3 is 1.55 bits per heavy atom. The Morgan fingerprint density at radius 2 is 1.55 bits per heavy atom. The van der Waals surface area contributed by atoms with E-state index in [0.29, 0.717) is 0 Å². The molecule has 3 N–H and O–H groups in total. The van der Waals surface area contributed by atoms with Crippen molar-refractivity contribution >= 4 is 10.4 Å². The van der Waals surface area contributed by atoms with Crippen molar-refractivity contribution in [2.45, 2.75) is 0 Å². The molecule has 70 valence electrons. The van der Waals surface area contributed by atoms with Gasteiger partial charge in [0.25, 0.3) is 0 Å². The molecule has 7 heteroatoms. The molecule has 0 aliphatic rings. The van der Waals surface area contributed by atoms with Crippen molar-refractivity contribution in [2.24, 2.45) is 0 Å². The SMILES string of the molecule is CN(C)CCO.O=S(=O)(O)O. The molecule has 0 aromatic heterocycles. The lowest BCUT2D eigenvalue weighted by molar-refractivity contribution is 0.243. The Labute approximate surface area is 66.0 Å². The molecule has 0 radical (unpaired) electrons. The van der Waals surface area contributed by atoms with Crippen LogP contribution in [-0.4, -0.2) is 54.8 Å². The van der Waals surface area contributed by atoms with Crippen molar-refractivity contribution in [1.82, 2.24) is 4.90 Å². The summed E-state index contributed by atoms with van der Waals surface area (Å²) < 4.78 is 31.6. The van der Waals surface area contributed by atoms with Gasteiger partial charge in [0.2, 0.25) is 0 Å². The monoisotopic (exact) mass is 187 g/mol. The van der Waals surface area contributed by atoms with Gasteiger partial charge in [-0.2, -0.15) is 8.42 Å². The van der Waals surface area contributed by atoms with Gasteiger partial charge in [0.05, 0.1) is 6.61 Å². The van der Waals surface area contributed by atoms with E-state index in [-0.39, 0.29) is 6.61 Å². The highest BCUT2D eigenvalue weighted by atomic mass is 32.3. The zero-order valence-electron chi connectivity index (χ0n) is 6.43. The second-order valence-corrected chi connectivity index (χ2v) is 2.87. The van der Waals surface area contributed by atoms with E-state index in [0.717, 1.165) is 6.54 Å². The number of hydrogen-bond acceptors (Lipinski definition) is 4. The second kappa shape index (κ2) is 6.50. The van der Waals surface area contributed by atoms with Gasteiger partial charge in [-0.25, -0.2) is 0 Å². The molecule has 0 aliphatic heterocycles. The Balaban J connectivity index is 0. The van der Waals surface area contributed by atoms with Crippen LogP contribution in [0.15, 0.2) is 0 Å². The van der Waals surface area contributed by atoms with Gasteiger partial charge >= 0.3 is 10.4 Å². The van der Waals surface area contributed by atoms with Crippen LogP contribution in [0.25, 0.3) is 0 Å². The van der Waals surface area contributed by atoms with Crippen LogP contribution >= 0.6 is 0 Å². The van der Waals surface area contributed by atoms with Crippen molar-refractivity contribution in [3.8, 4) is 0 Å². The largest absolute Gasteiger partial charge is 0.395 e. The molecular formula is C4H13NO5S. The average molecular weight is 187 g/mol. The van der Waals surface area contributed by atoms with Gasteiger partial charge in [-0.3, -0.25) is 9.11 Å². The molecule has 0 bridgehead atoms. The predicted octanol–water partition coefficient (Wildman–Crippen LogP) is -1.11. The highest BCUT2D eigenvalue weighted by Crippen LogP contribution is 1.66. The summed E-state index contributed by atoms with van der Waals surface area (Å²) in [7, 11) is -0.813. The lowest BCUT2D eigenvalue weighted by atomic mass is 10.6. The molecule has 0 spiro atoms. The summed E-state index contributed by atoms with van der Waals surface area (Å²) in [5.74, 6) is 0. The van der Waals surface area contributed by atoms with Crippen molar-refractivity contribution in [3.05, 3.63) is 0 Å². The third-order valence-corrected chi connectivity index (χ3v) is 0.547. The molecule has 0 aromatic rings. The van der Waals surface area contributed by atoms with Crippen LogP contribution in [0, 0.1) is 0 Å². The molecule has 11 heavy (non-hydrogen) atoms. The molecule has 0 aromatic carbocycles. The highest BCUT2D eigenvalue weighted by molar-refractivity contribution is 7.79. The molecular weight excluding hydrogens is 174 g/mol. The Kier molecular flexibility index (Phi) is 7.91. The van der Waals surface area contributed by atoms with E-state index >= 15 is 0 Å². The summed E-state index contributed by atoms with van der Waals surface area (Å²) in [5, 5.41) is 8.20. The standard InChI is InChI=1S/C4H11NO.H2O4S/c1-5(2)3-4-6;1-5(2,3)4/h6H,3-4H2,1-2H3;(H2,1,2,3,4). The number of rotatable bonds is 2. The van der Waals surface area contributed by atoms with Crippen LogP contribution < -0.4 is 0 Å². The summed E-state index contributed by atoms with van der Waals surface area (Å²) in [6, 6.07) is 0. The van der Waals surface area contributed by atoms with Crippen molar-refractivity contribution in [3.63, 3.8) is 0 Å². The third-order valence-electron chi connectivity index (χ3n) is 0.547. The van der Waals surface area contributed by atoms with Crippen molar-refractivity contribution < 1.29 is 22.6 Å². The summed E-state index contributed by atoms with van der Waals surface area (Å²) >= 11 is 0. The van der Waals surface area contributed by atoms with Crippen LogP contribution in [-0.2, 0) is 10.4 Å². The van der Waals surface area contributed by atoms with E-state index in [1.807, 2.05) is 19.0 Å². The third kappa shape index (κ3) is 76.3. The molecule has 0 heterocycles. The zero-order valence-corrected chi connectivity index (χ0v) is 7.24. The van der Waals surface area contributed by atoms with E-state index in [4.69, 9.17) is 22.6 Å². The van der Waals surface area contributed by atoms with Crippen LogP contribution in [0.4, 0.5) is 0 Å². The fourth-order valence-corrected chi connectivity index (χ4v) is 0.200. The molecule has 0 atom stereocenters. The summed E-state index contributed by atoms with van der Waals surface area (Å²) in [6.45, 7) is 1.02. The number of nitrogens with zero attached hydrogens (tertiary/aromatic N) is 1. The van der Waals surface area contributed by atoms with Gasteiger partial charge in [-0.05, 0) is 14.1 Å². The van der Waals surface area contributed by atoms with Crippen LogP contribution in [0.5, 0.6) is 0 Å². The first-order valence-corrected chi connectivity index (χ1v) is 4.12. The van der Waals surface area contributed by atoms with E-state index in [9.17, 15) is 0 Å². The van der Waals surface area contributed by atoms with Gasteiger partial charge in [0.15, 0.2) is 0 Å². The average Bonchev–Trinajstić information content (AvgIpc) is 1.58. The highest BCUT2D eigenvalue weighted by Gasteiger charge is 1.84. The molecule has 0 saturated heterocycles.